The molecule has 8 heteroatoms. The fourth-order valence-electron chi connectivity index (χ4n) is 2.38. The van der Waals surface area contributed by atoms with E-state index in [1.54, 1.807) is 19.2 Å². The number of aromatic nitrogens is 2. The average Bonchev–Trinajstić information content (AvgIpc) is 2.55. The number of allylic oxidation sites excluding steroid dienone is 1. The van der Waals surface area contributed by atoms with Gasteiger partial charge in [0, 0.05) is 27.2 Å². The molecule has 0 aromatic carbocycles. The lowest BCUT2D eigenvalue weighted by Gasteiger charge is -2.31. The second kappa shape index (κ2) is 6.29. The van der Waals surface area contributed by atoms with Gasteiger partial charge in [-0.05, 0) is 6.08 Å². The summed E-state index contributed by atoms with van der Waals surface area (Å²) < 4.78 is 7.59. The Morgan fingerprint density at radius 1 is 1.14 bits per heavy atom. The van der Waals surface area contributed by atoms with E-state index < -0.39 is 11.2 Å². The highest BCUT2D eigenvalue weighted by molar-refractivity contribution is 5.70. The number of ether oxygens (including phenoxy) is 1. The zero-order chi connectivity index (χ0) is 16.3. The largest absolute Gasteiger partial charge is 0.378 e. The van der Waals surface area contributed by atoms with E-state index >= 15 is 0 Å². The molecule has 0 aliphatic carbocycles. The monoisotopic (exact) mass is 301 g/mol. The van der Waals surface area contributed by atoms with Crippen LogP contribution < -0.4 is 16.1 Å². The maximum Gasteiger partial charge on any atom is 0.332 e. The van der Waals surface area contributed by atoms with Gasteiger partial charge in [-0.1, -0.05) is 0 Å². The van der Waals surface area contributed by atoms with Crippen molar-refractivity contribution in [2.45, 2.75) is 0 Å². The zero-order valence-corrected chi connectivity index (χ0v) is 12.4. The SMILES string of the molecule is Cn1c(N2CCOCC2)c(C=C(C#N)C#N)c(=O)n(C)c1=O. The molecule has 0 amide bonds. The maximum absolute atomic E-state index is 12.4. The number of nitriles is 2. The van der Waals surface area contributed by atoms with Gasteiger partial charge in [0.25, 0.3) is 5.56 Å². The normalized spacial score (nSPS) is 14.1. The lowest BCUT2D eigenvalue weighted by Crippen LogP contribution is -2.45. The lowest BCUT2D eigenvalue weighted by molar-refractivity contribution is 0.122. The zero-order valence-electron chi connectivity index (χ0n) is 12.4. The van der Waals surface area contributed by atoms with Crippen molar-refractivity contribution in [2.24, 2.45) is 14.1 Å². The van der Waals surface area contributed by atoms with E-state index in [-0.39, 0.29) is 11.1 Å². The molecule has 1 aliphatic heterocycles. The van der Waals surface area contributed by atoms with Crippen molar-refractivity contribution < 1.29 is 4.74 Å². The predicted octanol–water partition coefficient (Wildman–Crippen LogP) is -0.649. The van der Waals surface area contributed by atoms with Crippen LogP contribution in [0.15, 0.2) is 15.2 Å². The first-order valence-corrected chi connectivity index (χ1v) is 6.66. The molecular weight excluding hydrogens is 286 g/mol. The molecule has 0 unspecified atom stereocenters. The van der Waals surface area contributed by atoms with E-state index in [4.69, 9.17) is 15.3 Å². The van der Waals surface area contributed by atoms with Gasteiger partial charge >= 0.3 is 5.69 Å². The topological polar surface area (TPSA) is 104 Å². The van der Waals surface area contributed by atoms with E-state index in [1.807, 2.05) is 4.90 Å². The Labute approximate surface area is 126 Å². The molecular formula is C14H15N5O3. The standard InChI is InChI=1S/C14H15N5O3/c1-17-12(19-3-5-22-6-4-19)11(7-10(8-15)9-16)13(20)18(2)14(17)21/h7H,3-6H2,1-2H3. The maximum atomic E-state index is 12.4. The predicted molar refractivity (Wildman–Crippen MR) is 79.2 cm³/mol. The smallest absolute Gasteiger partial charge is 0.332 e. The molecule has 22 heavy (non-hydrogen) atoms. The molecule has 1 aliphatic rings. The summed E-state index contributed by atoms with van der Waals surface area (Å²) in [5.41, 5.74) is -1.03. The quantitative estimate of drug-likeness (QED) is 0.672. The molecule has 2 rings (SSSR count). The van der Waals surface area contributed by atoms with Gasteiger partial charge in [0.2, 0.25) is 0 Å². The minimum Gasteiger partial charge on any atom is -0.378 e. The summed E-state index contributed by atoms with van der Waals surface area (Å²) in [4.78, 5) is 26.4. The Balaban J connectivity index is 2.78. The van der Waals surface area contributed by atoms with Crippen molar-refractivity contribution in [1.29, 1.82) is 10.5 Å². The highest BCUT2D eigenvalue weighted by Gasteiger charge is 2.21. The molecule has 1 fully saturated rings. The average molecular weight is 301 g/mol. The van der Waals surface area contributed by atoms with E-state index in [2.05, 4.69) is 0 Å². The van der Waals surface area contributed by atoms with Crippen LogP contribution in [0.4, 0.5) is 5.82 Å². The number of anilines is 1. The van der Waals surface area contributed by atoms with Gasteiger partial charge in [-0.15, -0.1) is 0 Å². The van der Waals surface area contributed by atoms with Crippen LogP contribution in [0.25, 0.3) is 6.08 Å². The van der Waals surface area contributed by atoms with Crippen molar-refractivity contribution in [3.05, 3.63) is 32.0 Å². The third-order valence-electron chi connectivity index (χ3n) is 3.51. The summed E-state index contributed by atoms with van der Waals surface area (Å²) in [7, 11) is 2.92. The van der Waals surface area contributed by atoms with E-state index in [0.29, 0.717) is 32.1 Å². The number of nitrogens with zero attached hydrogens (tertiary/aromatic N) is 5. The third kappa shape index (κ3) is 2.65. The van der Waals surface area contributed by atoms with E-state index in [0.717, 1.165) is 4.57 Å². The van der Waals surface area contributed by atoms with Crippen LogP contribution in [0.2, 0.25) is 0 Å². The van der Waals surface area contributed by atoms with Gasteiger partial charge in [0.1, 0.15) is 23.5 Å². The molecule has 2 heterocycles. The lowest BCUT2D eigenvalue weighted by atomic mass is 10.1. The van der Waals surface area contributed by atoms with Crippen LogP contribution in [0.3, 0.4) is 0 Å². The second-order valence-corrected chi connectivity index (χ2v) is 4.82. The Bertz CT molecular complexity index is 797. The van der Waals surface area contributed by atoms with Crippen molar-refractivity contribution in [1.82, 2.24) is 9.13 Å². The van der Waals surface area contributed by atoms with Gasteiger partial charge in [-0.25, -0.2) is 4.79 Å². The third-order valence-corrected chi connectivity index (χ3v) is 3.51. The second-order valence-electron chi connectivity index (χ2n) is 4.82. The molecule has 0 spiro atoms. The number of hydrogen-bond acceptors (Lipinski definition) is 6. The van der Waals surface area contributed by atoms with Gasteiger partial charge in [0.15, 0.2) is 0 Å². The van der Waals surface area contributed by atoms with Crippen LogP contribution in [-0.4, -0.2) is 35.4 Å². The molecule has 114 valence electrons. The van der Waals surface area contributed by atoms with Crippen LogP contribution >= 0.6 is 0 Å². The summed E-state index contributed by atoms with van der Waals surface area (Å²) in [5, 5.41) is 17.8. The first-order valence-electron chi connectivity index (χ1n) is 6.66. The van der Waals surface area contributed by atoms with E-state index in [1.165, 1.54) is 17.7 Å². The summed E-state index contributed by atoms with van der Waals surface area (Å²) in [6.07, 6.45) is 1.23. The molecule has 0 radical (unpaired) electrons. The highest BCUT2D eigenvalue weighted by atomic mass is 16.5. The summed E-state index contributed by atoms with van der Waals surface area (Å²) in [6.45, 7) is 2.01. The molecule has 0 atom stereocenters. The summed E-state index contributed by atoms with van der Waals surface area (Å²) in [5.74, 6) is 0.402. The molecule has 0 N–H and O–H groups in total. The van der Waals surface area contributed by atoms with Crippen LogP contribution in [0.1, 0.15) is 5.56 Å². The Kier molecular flexibility index (Phi) is 4.44. The van der Waals surface area contributed by atoms with Crippen LogP contribution in [0, 0.1) is 22.7 Å². The first-order chi connectivity index (χ1) is 10.5. The number of hydrogen-bond donors (Lipinski definition) is 0. The van der Waals surface area contributed by atoms with Gasteiger partial charge in [0.05, 0.1) is 18.8 Å². The fourth-order valence-corrected chi connectivity index (χ4v) is 2.38. The molecule has 1 aromatic heterocycles. The minimum absolute atomic E-state index is 0.157. The van der Waals surface area contributed by atoms with Crippen LogP contribution in [-0.2, 0) is 18.8 Å². The highest BCUT2D eigenvalue weighted by Crippen LogP contribution is 2.19. The number of morpholine rings is 1. The van der Waals surface area contributed by atoms with Gasteiger partial charge in [-0.2, -0.15) is 10.5 Å². The molecule has 1 aromatic rings. The summed E-state index contributed by atoms with van der Waals surface area (Å²) >= 11 is 0. The van der Waals surface area contributed by atoms with Crippen molar-refractivity contribution in [3.8, 4) is 12.1 Å². The van der Waals surface area contributed by atoms with Crippen molar-refractivity contribution in [3.63, 3.8) is 0 Å². The van der Waals surface area contributed by atoms with Gasteiger partial charge < -0.3 is 9.64 Å². The van der Waals surface area contributed by atoms with Crippen molar-refractivity contribution in [2.75, 3.05) is 31.2 Å². The Morgan fingerprint density at radius 3 is 2.27 bits per heavy atom. The molecule has 0 bridgehead atoms. The number of rotatable bonds is 2. The Hall–Kier alpha value is -2.84. The first kappa shape index (κ1) is 15.5. The summed E-state index contributed by atoms with van der Waals surface area (Å²) in [6, 6.07) is 3.46. The van der Waals surface area contributed by atoms with Gasteiger partial charge in [-0.3, -0.25) is 13.9 Å². The minimum atomic E-state index is -0.535. The molecule has 8 nitrogen and oxygen atoms in total. The van der Waals surface area contributed by atoms with Crippen molar-refractivity contribution >= 4 is 11.9 Å². The fraction of sp³-hybridized carbons (Fsp3) is 0.429. The van der Waals surface area contributed by atoms with E-state index in [9.17, 15) is 9.59 Å². The molecule has 0 saturated carbocycles. The molecule has 1 saturated heterocycles. The van der Waals surface area contributed by atoms with Crippen LogP contribution in [0.5, 0.6) is 0 Å². The Morgan fingerprint density at radius 2 is 1.73 bits per heavy atom.